The van der Waals surface area contributed by atoms with Crippen LogP contribution in [0.3, 0.4) is 0 Å². The van der Waals surface area contributed by atoms with Crippen molar-refractivity contribution >= 4 is 21.7 Å². The molecule has 1 saturated heterocycles. The summed E-state index contributed by atoms with van der Waals surface area (Å²) in [5.41, 5.74) is 0.862. The van der Waals surface area contributed by atoms with Crippen molar-refractivity contribution in [2.24, 2.45) is 0 Å². The van der Waals surface area contributed by atoms with E-state index in [4.69, 9.17) is 4.74 Å². The van der Waals surface area contributed by atoms with Gasteiger partial charge in [0.25, 0.3) is 0 Å². The third kappa shape index (κ3) is 3.22. The van der Waals surface area contributed by atoms with Gasteiger partial charge in [-0.05, 0) is 34.8 Å². The number of aromatic nitrogens is 1. The predicted molar refractivity (Wildman–Crippen MR) is 74.7 cm³/mol. The molecular formula is C13H19BrN2O2. The highest BCUT2D eigenvalue weighted by atomic mass is 79.9. The van der Waals surface area contributed by atoms with Crippen LogP contribution in [0.1, 0.15) is 25.3 Å². The number of hydrogen-bond donors (Lipinski definition) is 1. The molecule has 1 aliphatic heterocycles. The zero-order valence-corrected chi connectivity index (χ0v) is 12.2. The Morgan fingerprint density at radius 2 is 2.44 bits per heavy atom. The smallest absolute Gasteiger partial charge is 0.134 e. The summed E-state index contributed by atoms with van der Waals surface area (Å²) in [4.78, 5) is 6.67. The zero-order chi connectivity index (χ0) is 13.0. The Labute approximate surface area is 116 Å². The summed E-state index contributed by atoms with van der Waals surface area (Å²) >= 11 is 3.39. The molecule has 0 aromatic carbocycles. The van der Waals surface area contributed by atoms with Crippen LogP contribution in [-0.2, 0) is 11.3 Å². The minimum atomic E-state index is 0.00984. The zero-order valence-electron chi connectivity index (χ0n) is 10.6. The van der Waals surface area contributed by atoms with Crippen molar-refractivity contribution in [3.63, 3.8) is 0 Å². The van der Waals surface area contributed by atoms with E-state index in [1.54, 1.807) is 6.20 Å². The SMILES string of the molecule is CCC1CN(c2ncc(Br)cc2CO)CCCO1. The molecule has 2 heterocycles. The highest BCUT2D eigenvalue weighted by molar-refractivity contribution is 9.10. The lowest BCUT2D eigenvalue weighted by Crippen LogP contribution is -2.32. The number of rotatable bonds is 3. The first-order valence-corrected chi connectivity index (χ1v) is 7.15. The van der Waals surface area contributed by atoms with E-state index < -0.39 is 0 Å². The number of nitrogens with zero attached hydrogens (tertiary/aromatic N) is 2. The van der Waals surface area contributed by atoms with Crippen molar-refractivity contribution in [2.75, 3.05) is 24.6 Å². The molecule has 0 amide bonds. The summed E-state index contributed by atoms with van der Waals surface area (Å²) in [6.07, 6.45) is 4.03. The third-order valence-corrected chi connectivity index (χ3v) is 3.62. The first-order valence-electron chi connectivity index (χ1n) is 6.36. The third-order valence-electron chi connectivity index (χ3n) is 3.18. The number of pyridine rings is 1. The molecule has 5 heteroatoms. The lowest BCUT2D eigenvalue weighted by Gasteiger charge is -2.26. The molecule has 1 aliphatic rings. The van der Waals surface area contributed by atoms with Crippen LogP contribution in [0.4, 0.5) is 5.82 Å². The van der Waals surface area contributed by atoms with Gasteiger partial charge in [-0.3, -0.25) is 0 Å². The van der Waals surface area contributed by atoms with Gasteiger partial charge in [0.1, 0.15) is 5.82 Å². The van der Waals surface area contributed by atoms with Gasteiger partial charge in [-0.25, -0.2) is 4.98 Å². The van der Waals surface area contributed by atoms with Gasteiger partial charge >= 0.3 is 0 Å². The molecular weight excluding hydrogens is 296 g/mol. The van der Waals surface area contributed by atoms with Gasteiger partial charge < -0.3 is 14.7 Å². The normalized spacial score (nSPS) is 20.8. The van der Waals surface area contributed by atoms with Crippen molar-refractivity contribution in [3.8, 4) is 0 Å². The maximum Gasteiger partial charge on any atom is 0.134 e. The van der Waals surface area contributed by atoms with E-state index in [0.29, 0.717) is 0 Å². The number of ether oxygens (including phenoxy) is 1. The first-order chi connectivity index (χ1) is 8.74. The highest BCUT2D eigenvalue weighted by Crippen LogP contribution is 2.24. The molecule has 0 saturated carbocycles. The minimum Gasteiger partial charge on any atom is -0.392 e. The van der Waals surface area contributed by atoms with Crippen molar-refractivity contribution in [2.45, 2.75) is 32.5 Å². The fraction of sp³-hybridized carbons (Fsp3) is 0.615. The average Bonchev–Trinajstić information content (AvgIpc) is 2.63. The van der Waals surface area contributed by atoms with Crippen molar-refractivity contribution < 1.29 is 9.84 Å². The maximum absolute atomic E-state index is 9.45. The van der Waals surface area contributed by atoms with Crippen molar-refractivity contribution in [1.29, 1.82) is 0 Å². The molecule has 4 nitrogen and oxygen atoms in total. The monoisotopic (exact) mass is 314 g/mol. The molecule has 1 aromatic heterocycles. The summed E-state index contributed by atoms with van der Waals surface area (Å²) in [6, 6.07) is 1.93. The minimum absolute atomic E-state index is 0.00984. The van der Waals surface area contributed by atoms with E-state index >= 15 is 0 Å². The van der Waals surface area contributed by atoms with E-state index in [2.05, 4.69) is 32.7 Å². The van der Waals surface area contributed by atoms with Gasteiger partial charge in [-0.15, -0.1) is 0 Å². The fourth-order valence-electron chi connectivity index (χ4n) is 2.21. The van der Waals surface area contributed by atoms with E-state index in [0.717, 1.165) is 48.4 Å². The van der Waals surface area contributed by atoms with Crippen LogP contribution in [0.2, 0.25) is 0 Å². The number of aliphatic hydroxyl groups excluding tert-OH is 1. The molecule has 0 radical (unpaired) electrons. The fourth-order valence-corrected chi connectivity index (χ4v) is 2.59. The van der Waals surface area contributed by atoms with Gasteiger partial charge in [0.05, 0.1) is 12.7 Å². The van der Waals surface area contributed by atoms with Crippen LogP contribution >= 0.6 is 15.9 Å². The van der Waals surface area contributed by atoms with Crippen LogP contribution in [0.5, 0.6) is 0 Å². The Bertz CT molecular complexity index is 401. The van der Waals surface area contributed by atoms with Crippen LogP contribution in [-0.4, -0.2) is 35.9 Å². The topological polar surface area (TPSA) is 45.6 Å². The van der Waals surface area contributed by atoms with Gasteiger partial charge in [-0.2, -0.15) is 0 Å². The number of anilines is 1. The summed E-state index contributed by atoms with van der Waals surface area (Å²) in [5.74, 6) is 0.879. The van der Waals surface area contributed by atoms with E-state index in [9.17, 15) is 5.11 Å². The molecule has 1 N–H and O–H groups in total. The predicted octanol–water partition coefficient (Wildman–Crippen LogP) is 2.34. The molecule has 1 fully saturated rings. The van der Waals surface area contributed by atoms with Crippen LogP contribution < -0.4 is 4.90 Å². The lowest BCUT2D eigenvalue weighted by molar-refractivity contribution is 0.0664. The van der Waals surface area contributed by atoms with E-state index in [1.165, 1.54) is 0 Å². The Hall–Kier alpha value is -0.650. The van der Waals surface area contributed by atoms with E-state index in [-0.39, 0.29) is 12.7 Å². The number of hydrogen-bond acceptors (Lipinski definition) is 4. The number of aliphatic hydroxyl groups is 1. The molecule has 18 heavy (non-hydrogen) atoms. The molecule has 0 spiro atoms. The highest BCUT2D eigenvalue weighted by Gasteiger charge is 2.20. The maximum atomic E-state index is 9.45. The van der Waals surface area contributed by atoms with Crippen molar-refractivity contribution in [3.05, 3.63) is 22.3 Å². The summed E-state index contributed by atoms with van der Waals surface area (Å²) in [7, 11) is 0. The average molecular weight is 315 g/mol. The van der Waals surface area contributed by atoms with Crippen LogP contribution in [0.25, 0.3) is 0 Å². The second-order valence-corrected chi connectivity index (χ2v) is 5.41. The second kappa shape index (κ2) is 6.50. The molecule has 1 aromatic rings. The second-order valence-electron chi connectivity index (χ2n) is 4.49. The largest absolute Gasteiger partial charge is 0.392 e. The van der Waals surface area contributed by atoms with Crippen LogP contribution in [0.15, 0.2) is 16.7 Å². The molecule has 2 rings (SSSR count). The van der Waals surface area contributed by atoms with Gasteiger partial charge in [-0.1, -0.05) is 6.92 Å². The Morgan fingerprint density at radius 1 is 1.61 bits per heavy atom. The van der Waals surface area contributed by atoms with Crippen LogP contribution in [0, 0.1) is 0 Å². The lowest BCUT2D eigenvalue weighted by atomic mass is 10.2. The van der Waals surface area contributed by atoms with Gasteiger partial charge in [0, 0.05) is 35.9 Å². The summed E-state index contributed by atoms with van der Waals surface area (Å²) in [6.45, 7) is 4.72. The Morgan fingerprint density at radius 3 is 3.17 bits per heavy atom. The Balaban J connectivity index is 2.23. The van der Waals surface area contributed by atoms with Crippen molar-refractivity contribution in [1.82, 2.24) is 4.98 Å². The Kier molecular flexibility index (Phi) is 4.97. The van der Waals surface area contributed by atoms with E-state index in [1.807, 2.05) is 6.07 Å². The number of halogens is 1. The summed E-state index contributed by atoms with van der Waals surface area (Å²) in [5, 5.41) is 9.45. The molecule has 100 valence electrons. The molecule has 0 aliphatic carbocycles. The standard InChI is InChI=1S/C13H19BrN2O2/c1-2-12-8-16(4-3-5-18-12)13-10(9-17)6-11(14)7-15-13/h6-7,12,17H,2-5,8-9H2,1H3. The molecule has 0 bridgehead atoms. The first kappa shape index (κ1) is 13.8. The molecule has 1 atom stereocenters. The van der Waals surface area contributed by atoms with Gasteiger partial charge in [0.15, 0.2) is 0 Å². The van der Waals surface area contributed by atoms with Gasteiger partial charge in [0.2, 0.25) is 0 Å². The quantitative estimate of drug-likeness (QED) is 0.930. The summed E-state index contributed by atoms with van der Waals surface area (Å²) < 4.78 is 6.66. The molecule has 1 unspecified atom stereocenters.